The number of halogens is 4. The van der Waals surface area contributed by atoms with E-state index in [1.54, 1.807) is 0 Å². The van der Waals surface area contributed by atoms with E-state index in [-0.39, 0.29) is 5.02 Å². The summed E-state index contributed by atoms with van der Waals surface area (Å²) in [7, 11) is -3.89. The van der Waals surface area contributed by atoms with Crippen molar-refractivity contribution in [1.29, 1.82) is 0 Å². The lowest BCUT2D eigenvalue weighted by Crippen LogP contribution is -2.23. The molecule has 0 aliphatic rings. The molecule has 0 saturated carbocycles. The molecule has 0 heterocycles. The first-order valence-corrected chi connectivity index (χ1v) is 6.91. The van der Waals surface area contributed by atoms with Gasteiger partial charge < -0.3 is 9.84 Å². The van der Waals surface area contributed by atoms with Gasteiger partial charge in [0.1, 0.15) is 10.5 Å². The molecular formula is C10H8ClF3O5S. The van der Waals surface area contributed by atoms with Crippen molar-refractivity contribution in [1.82, 2.24) is 0 Å². The van der Waals surface area contributed by atoms with Crippen molar-refractivity contribution < 1.29 is 36.2 Å². The molecule has 0 spiro atoms. The van der Waals surface area contributed by atoms with Crippen LogP contribution in [0.2, 0.25) is 5.02 Å². The summed E-state index contributed by atoms with van der Waals surface area (Å²) >= 11 is 5.54. The van der Waals surface area contributed by atoms with Gasteiger partial charge in [-0.05, 0) is 12.1 Å². The molecule has 1 rings (SSSR count). The normalized spacial score (nSPS) is 12.2. The molecule has 0 aliphatic heterocycles. The van der Waals surface area contributed by atoms with Gasteiger partial charge >= 0.3 is 12.1 Å². The average Bonchev–Trinajstić information content (AvgIpc) is 2.24. The second kappa shape index (κ2) is 5.49. The molecule has 1 aromatic carbocycles. The molecule has 0 unspecified atom stereocenters. The van der Waals surface area contributed by atoms with E-state index in [0.29, 0.717) is 6.07 Å². The fourth-order valence-electron chi connectivity index (χ4n) is 1.46. The fraction of sp³-hybridized carbons (Fsp3) is 0.300. The molecular weight excluding hydrogens is 325 g/mol. The zero-order valence-corrected chi connectivity index (χ0v) is 11.4. The van der Waals surface area contributed by atoms with Gasteiger partial charge in [-0.3, -0.25) is 0 Å². The molecule has 0 amide bonds. The van der Waals surface area contributed by atoms with Gasteiger partial charge in [-0.1, -0.05) is 11.6 Å². The van der Waals surface area contributed by atoms with E-state index in [4.69, 9.17) is 16.7 Å². The highest BCUT2D eigenvalue weighted by Crippen LogP contribution is 2.34. The standard InChI is InChI=1S/C10H8ClF3O5S/c1-19-8-6(9(15)16)2-5(11)3-7(8)20(17,18)4-10(12,13)14/h2-3H,4H2,1H3,(H,15,16). The van der Waals surface area contributed by atoms with Crippen molar-refractivity contribution in [2.75, 3.05) is 12.9 Å². The van der Waals surface area contributed by atoms with E-state index in [2.05, 4.69) is 4.74 Å². The van der Waals surface area contributed by atoms with Crippen LogP contribution in [0, 0.1) is 0 Å². The highest BCUT2D eigenvalue weighted by Gasteiger charge is 2.38. The summed E-state index contributed by atoms with van der Waals surface area (Å²) in [6.07, 6.45) is -4.98. The van der Waals surface area contributed by atoms with E-state index >= 15 is 0 Å². The summed E-state index contributed by atoms with van der Waals surface area (Å²) in [5, 5.41) is 8.56. The van der Waals surface area contributed by atoms with Crippen LogP contribution < -0.4 is 4.74 Å². The molecule has 10 heteroatoms. The zero-order valence-electron chi connectivity index (χ0n) is 9.86. The van der Waals surface area contributed by atoms with Crippen LogP contribution in [0.15, 0.2) is 17.0 Å². The highest BCUT2D eigenvalue weighted by atomic mass is 35.5. The summed E-state index contributed by atoms with van der Waals surface area (Å²) in [4.78, 5) is 10.0. The molecule has 1 N–H and O–H groups in total. The maximum absolute atomic E-state index is 12.3. The van der Waals surface area contributed by atoms with Crippen molar-refractivity contribution in [2.24, 2.45) is 0 Å². The Morgan fingerprint density at radius 3 is 2.35 bits per heavy atom. The van der Waals surface area contributed by atoms with Gasteiger partial charge in [0, 0.05) is 5.02 Å². The van der Waals surface area contributed by atoms with Crippen LogP contribution in [-0.4, -0.2) is 38.5 Å². The Labute approximate surface area is 116 Å². The van der Waals surface area contributed by atoms with Crippen LogP contribution in [0.3, 0.4) is 0 Å². The number of benzene rings is 1. The third-order valence-corrected chi connectivity index (χ3v) is 4.04. The van der Waals surface area contributed by atoms with Crippen molar-refractivity contribution in [2.45, 2.75) is 11.1 Å². The van der Waals surface area contributed by atoms with Gasteiger partial charge in [-0.15, -0.1) is 0 Å². The highest BCUT2D eigenvalue weighted by molar-refractivity contribution is 7.91. The lowest BCUT2D eigenvalue weighted by molar-refractivity contribution is -0.106. The molecule has 0 fully saturated rings. The Hall–Kier alpha value is -1.48. The number of sulfone groups is 1. The first kappa shape index (κ1) is 16.6. The number of hydrogen-bond donors (Lipinski definition) is 1. The van der Waals surface area contributed by atoms with Gasteiger partial charge in [0.2, 0.25) is 0 Å². The zero-order chi connectivity index (χ0) is 15.7. The number of methoxy groups -OCH3 is 1. The topological polar surface area (TPSA) is 80.7 Å². The molecule has 0 aliphatic carbocycles. The average molecular weight is 333 g/mol. The Bertz CT molecular complexity index is 639. The quantitative estimate of drug-likeness (QED) is 0.915. The van der Waals surface area contributed by atoms with E-state index in [0.717, 1.165) is 13.2 Å². The van der Waals surface area contributed by atoms with Crippen molar-refractivity contribution in [3.63, 3.8) is 0 Å². The first-order chi connectivity index (χ1) is 8.98. The van der Waals surface area contributed by atoms with Gasteiger partial charge in [-0.2, -0.15) is 13.2 Å². The Morgan fingerprint density at radius 1 is 1.40 bits per heavy atom. The first-order valence-electron chi connectivity index (χ1n) is 4.88. The van der Waals surface area contributed by atoms with Crippen molar-refractivity contribution >= 4 is 27.4 Å². The van der Waals surface area contributed by atoms with Crippen LogP contribution in [0.5, 0.6) is 5.75 Å². The SMILES string of the molecule is COc1c(C(=O)O)cc(Cl)cc1S(=O)(=O)CC(F)(F)F. The second-order valence-electron chi connectivity index (χ2n) is 3.66. The minimum atomic E-state index is -4.98. The second-order valence-corrected chi connectivity index (χ2v) is 6.06. The minimum Gasteiger partial charge on any atom is -0.494 e. The molecule has 0 bridgehead atoms. The lowest BCUT2D eigenvalue weighted by atomic mass is 10.2. The summed E-state index contributed by atoms with van der Waals surface area (Å²) < 4.78 is 64.8. The van der Waals surface area contributed by atoms with E-state index in [9.17, 15) is 26.4 Å². The maximum atomic E-state index is 12.3. The molecule has 112 valence electrons. The number of carbonyl (C=O) groups is 1. The van der Waals surface area contributed by atoms with Crippen LogP contribution in [0.4, 0.5) is 13.2 Å². The Kier molecular flexibility index (Phi) is 4.55. The van der Waals surface area contributed by atoms with Gasteiger partial charge in [0.15, 0.2) is 21.3 Å². The van der Waals surface area contributed by atoms with Crippen molar-refractivity contribution in [3.8, 4) is 5.75 Å². The minimum absolute atomic E-state index is 0.330. The number of hydrogen-bond acceptors (Lipinski definition) is 4. The molecule has 0 atom stereocenters. The number of aromatic carboxylic acids is 1. The summed E-state index contributed by atoms with van der Waals surface area (Å²) in [6, 6.07) is 1.60. The van der Waals surface area contributed by atoms with Gasteiger partial charge in [-0.25, -0.2) is 13.2 Å². The molecule has 0 saturated heterocycles. The van der Waals surface area contributed by atoms with E-state index in [1.807, 2.05) is 0 Å². The molecule has 0 radical (unpaired) electrons. The molecule has 0 aromatic heterocycles. The molecule has 5 nitrogen and oxygen atoms in total. The third-order valence-electron chi connectivity index (χ3n) is 2.14. The number of alkyl halides is 3. The summed E-state index contributed by atoms with van der Waals surface area (Å²) in [6.45, 7) is 0. The van der Waals surface area contributed by atoms with Crippen molar-refractivity contribution in [3.05, 3.63) is 22.7 Å². The number of ether oxygens (including phenoxy) is 1. The lowest BCUT2D eigenvalue weighted by Gasteiger charge is -2.13. The monoisotopic (exact) mass is 332 g/mol. The number of carboxylic acids is 1. The van der Waals surface area contributed by atoms with E-state index in [1.165, 1.54) is 0 Å². The van der Waals surface area contributed by atoms with Gasteiger partial charge in [0.25, 0.3) is 0 Å². The summed E-state index contributed by atoms with van der Waals surface area (Å²) in [5.41, 5.74) is -0.638. The third kappa shape index (κ3) is 3.76. The van der Waals surface area contributed by atoms with Crippen LogP contribution in [-0.2, 0) is 9.84 Å². The Morgan fingerprint density at radius 2 is 1.95 bits per heavy atom. The largest absolute Gasteiger partial charge is 0.494 e. The van der Waals surface area contributed by atoms with Crippen LogP contribution >= 0.6 is 11.6 Å². The maximum Gasteiger partial charge on any atom is 0.403 e. The predicted molar refractivity (Wildman–Crippen MR) is 63.1 cm³/mol. The fourth-order valence-corrected chi connectivity index (χ4v) is 3.11. The van der Waals surface area contributed by atoms with E-state index < -0.39 is 43.9 Å². The number of rotatable bonds is 4. The predicted octanol–water partition coefficient (Wildman–Crippen LogP) is 2.38. The summed E-state index contributed by atoms with van der Waals surface area (Å²) in [5.74, 6) is -4.41. The van der Waals surface area contributed by atoms with Gasteiger partial charge in [0.05, 0.1) is 7.11 Å². The smallest absolute Gasteiger partial charge is 0.403 e. The van der Waals surface area contributed by atoms with Crippen LogP contribution in [0.1, 0.15) is 10.4 Å². The number of carboxylic acid groups (broad SMARTS) is 1. The molecule has 20 heavy (non-hydrogen) atoms. The molecule has 1 aromatic rings. The van der Waals surface area contributed by atoms with Crippen LogP contribution in [0.25, 0.3) is 0 Å². The Balaban J connectivity index is 3.56.